The molecule has 0 aliphatic carbocycles. The second-order valence-corrected chi connectivity index (χ2v) is 6.27. The lowest BCUT2D eigenvalue weighted by molar-refractivity contribution is -0.145. The second kappa shape index (κ2) is 8.02. The fourth-order valence-corrected chi connectivity index (χ4v) is 2.40. The van der Waals surface area contributed by atoms with Gasteiger partial charge < -0.3 is 9.84 Å². The number of benzene rings is 2. The number of hydrogen-bond acceptors (Lipinski definition) is 2. The first-order valence-electron chi connectivity index (χ1n) is 7.69. The van der Waals surface area contributed by atoms with Crippen LogP contribution < -0.4 is 4.74 Å². The molecule has 0 aromatic heterocycles. The molecule has 2 aromatic rings. The summed E-state index contributed by atoms with van der Waals surface area (Å²) in [5.41, 5.74) is 2.24. The summed E-state index contributed by atoms with van der Waals surface area (Å²) in [5.74, 6) is 0.0639. The lowest BCUT2D eigenvalue weighted by Crippen LogP contribution is -2.27. The minimum Gasteiger partial charge on any atom is -0.479 e. The van der Waals surface area contributed by atoms with Gasteiger partial charge in [-0.15, -0.1) is 0 Å². The Morgan fingerprint density at radius 3 is 2.22 bits per heavy atom. The maximum Gasteiger partial charge on any atom is 0.344 e. The average Bonchev–Trinajstić information content (AvgIpc) is 2.53. The molecule has 122 valence electrons. The van der Waals surface area contributed by atoms with E-state index >= 15 is 0 Å². The highest BCUT2D eigenvalue weighted by atomic mass is 35.5. The molecule has 2 aromatic carbocycles. The molecular formula is C19H21ClO3. The number of carbonyl (C=O) groups is 1. The highest BCUT2D eigenvalue weighted by molar-refractivity contribution is 6.30. The van der Waals surface area contributed by atoms with E-state index in [0.717, 1.165) is 5.56 Å². The molecule has 1 N–H and O–H groups in total. The van der Waals surface area contributed by atoms with Gasteiger partial charge in [0.2, 0.25) is 0 Å². The van der Waals surface area contributed by atoms with Crippen LogP contribution in [0.2, 0.25) is 5.02 Å². The van der Waals surface area contributed by atoms with Gasteiger partial charge in [0.25, 0.3) is 0 Å². The number of carboxylic acids is 1. The van der Waals surface area contributed by atoms with Crippen LogP contribution in [-0.2, 0) is 11.2 Å². The van der Waals surface area contributed by atoms with E-state index < -0.39 is 12.1 Å². The van der Waals surface area contributed by atoms with Crippen molar-refractivity contribution in [2.45, 2.75) is 38.7 Å². The third kappa shape index (κ3) is 5.29. The summed E-state index contributed by atoms with van der Waals surface area (Å²) in [6, 6.07) is 15.0. The van der Waals surface area contributed by atoms with Crippen LogP contribution in [0.4, 0.5) is 0 Å². The molecule has 0 saturated carbocycles. The van der Waals surface area contributed by atoms with E-state index in [9.17, 15) is 9.90 Å². The first kappa shape index (κ1) is 17.4. The molecule has 0 spiro atoms. The summed E-state index contributed by atoms with van der Waals surface area (Å²) in [6.45, 7) is 4.23. The Morgan fingerprint density at radius 2 is 1.70 bits per heavy atom. The summed E-state index contributed by atoms with van der Waals surface area (Å²) >= 11 is 5.85. The summed E-state index contributed by atoms with van der Waals surface area (Å²) < 4.78 is 5.63. The Morgan fingerprint density at radius 1 is 1.09 bits per heavy atom. The number of ether oxygens (including phenoxy) is 1. The topological polar surface area (TPSA) is 46.5 Å². The number of rotatable bonds is 7. The van der Waals surface area contributed by atoms with Gasteiger partial charge in [-0.1, -0.05) is 49.7 Å². The van der Waals surface area contributed by atoms with Gasteiger partial charge in [0.1, 0.15) is 5.75 Å². The zero-order valence-electron chi connectivity index (χ0n) is 13.3. The quantitative estimate of drug-likeness (QED) is 0.782. The summed E-state index contributed by atoms with van der Waals surface area (Å²) in [4.78, 5) is 11.4. The van der Waals surface area contributed by atoms with E-state index in [1.807, 2.05) is 36.4 Å². The molecule has 4 heteroatoms. The van der Waals surface area contributed by atoms with E-state index in [1.54, 1.807) is 12.1 Å². The van der Waals surface area contributed by atoms with Crippen molar-refractivity contribution in [2.75, 3.05) is 0 Å². The highest BCUT2D eigenvalue weighted by Crippen LogP contribution is 2.21. The van der Waals surface area contributed by atoms with Crippen LogP contribution in [0.1, 0.15) is 37.3 Å². The molecule has 3 nitrogen and oxygen atoms in total. The van der Waals surface area contributed by atoms with E-state index in [4.69, 9.17) is 16.3 Å². The molecule has 0 aliphatic rings. The number of halogens is 1. The Balaban J connectivity index is 1.98. The lowest BCUT2D eigenvalue weighted by Gasteiger charge is -2.16. The molecule has 0 unspecified atom stereocenters. The Kier molecular flexibility index (Phi) is 6.05. The number of hydrogen-bond donors (Lipinski definition) is 1. The molecule has 1 atom stereocenters. The standard InChI is InChI=1S/C19H21ClO3/c1-13(2)15-6-10-17(11-7-15)23-18(19(21)22)12-5-14-3-8-16(20)9-4-14/h3-4,6-11,13,18H,5,12H2,1-2H3,(H,21,22)/t18-/m1/s1. The molecule has 0 radical (unpaired) electrons. The van der Waals surface area contributed by atoms with Crippen molar-refractivity contribution in [3.63, 3.8) is 0 Å². The fourth-order valence-electron chi connectivity index (χ4n) is 2.28. The molecule has 0 heterocycles. The Hall–Kier alpha value is -2.00. The van der Waals surface area contributed by atoms with Crippen LogP contribution in [0.5, 0.6) is 5.75 Å². The van der Waals surface area contributed by atoms with Gasteiger partial charge in [0, 0.05) is 5.02 Å². The fraction of sp³-hybridized carbons (Fsp3) is 0.316. The van der Waals surface area contributed by atoms with Crippen molar-refractivity contribution in [2.24, 2.45) is 0 Å². The van der Waals surface area contributed by atoms with Crippen LogP contribution in [0.25, 0.3) is 0 Å². The van der Waals surface area contributed by atoms with Gasteiger partial charge in [0.05, 0.1) is 0 Å². The maximum atomic E-state index is 11.4. The Labute approximate surface area is 141 Å². The first-order valence-corrected chi connectivity index (χ1v) is 8.07. The van der Waals surface area contributed by atoms with Gasteiger partial charge in [-0.25, -0.2) is 4.79 Å². The SMILES string of the molecule is CC(C)c1ccc(O[C@H](CCc2ccc(Cl)cc2)C(=O)O)cc1. The zero-order valence-corrected chi connectivity index (χ0v) is 14.1. The minimum absolute atomic E-state index is 0.406. The van der Waals surface area contributed by atoms with Gasteiger partial charge in [-0.05, 0) is 54.2 Å². The maximum absolute atomic E-state index is 11.4. The van der Waals surface area contributed by atoms with E-state index in [0.29, 0.717) is 29.5 Å². The molecule has 2 rings (SSSR count). The first-order chi connectivity index (χ1) is 11.0. The normalized spacial score (nSPS) is 12.2. The monoisotopic (exact) mass is 332 g/mol. The Bertz CT molecular complexity index is 633. The molecule has 23 heavy (non-hydrogen) atoms. The van der Waals surface area contributed by atoms with Gasteiger partial charge in [-0.2, -0.15) is 0 Å². The van der Waals surface area contributed by atoms with Crippen LogP contribution in [0.3, 0.4) is 0 Å². The van der Waals surface area contributed by atoms with E-state index in [2.05, 4.69) is 13.8 Å². The molecule has 0 amide bonds. The molecule has 0 bridgehead atoms. The van der Waals surface area contributed by atoms with Crippen molar-refractivity contribution in [3.05, 3.63) is 64.7 Å². The lowest BCUT2D eigenvalue weighted by atomic mass is 10.0. The van der Waals surface area contributed by atoms with E-state index in [-0.39, 0.29) is 0 Å². The predicted molar refractivity (Wildman–Crippen MR) is 92.4 cm³/mol. The molecule has 0 fully saturated rings. The second-order valence-electron chi connectivity index (χ2n) is 5.83. The van der Waals surface area contributed by atoms with Gasteiger partial charge >= 0.3 is 5.97 Å². The third-order valence-electron chi connectivity index (χ3n) is 3.71. The van der Waals surface area contributed by atoms with Crippen LogP contribution >= 0.6 is 11.6 Å². The third-order valence-corrected chi connectivity index (χ3v) is 3.96. The summed E-state index contributed by atoms with van der Waals surface area (Å²) in [6.07, 6.45) is 0.164. The van der Waals surface area contributed by atoms with Crippen molar-refractivity contribution in [1.29, 1.82) is 0 Å². The smallest absolute Gasteiger partial charge is 0.344 e. The summed E-state index contributed by atoms with van der Waals surface area (Å²) in [5, 5.41) is 10.0. The number of aliphatic carboxylic acids is 1. The predicted octanol–water partition coefficient (Wildman–Crippen LogP) is 4.93. The average molecular weight is 333 g/mol. The van der Waals surface area contributed by atoms with Crippen molar-refractivity contribution in [1.82, 2.24) is 0 Å². The summed E-state index contributed by atoms with van der Waals surface area (Å²) in [7, 11) is 0. The molecule has 0 aliphatic heterocycles. The van der Waals surface area contributed by atoms with Crippen LogP contribution in [0.15, 0.2) is 48.5 Å². The van der Waals surface area contributed by atoms with Crippen molar-refractivity contribution < 1.29 is 14.6 Å². The highest BCUT2D eigenvalue weighted by Gasteiger charge is 2.19. The number of aryl methyl sites for hydroxylation is 1. The van der Waals surface area contributed by atoms with Crippen molar-refractivity contribution >= 4 is 17.6 Å². The van der Waals surface area contributed by atoms with Crippen molar-refractivity contribution in [3.8, 4) is 5.75 Å². The van der Waals surface area contributed by atoms with Crippen LogP contribution in [-0.4, -0.2) is 17.2 Å². The number of carboxylic acid groups (broad SMARTS) is 1. The molecule has 0 saturated heterocycles. The van der Waals surface area contributed by atoms with E-state index in [1.165, 1.54) is 5.56 Å². The van der Waals surface area contributed by atoms with Crippen LogP contribution in [0, 0.1) is 0 Å². The molecular weight excluding hydrogens is 312 g/mol. The van der Waals surface area contributed by atoms with Gasteiger partial charge in [0.15, 0.2) is 6.10 Å². The van der Waals surface area contributed by atoms with Gasteiger partial charge in [-0.3, -0.25) is 0 Å². The minimum atomic E-state index is -0.952. The largest absolute Gasteiger partial charge is 0.479 e. The zero-order chi connectivity index (χ0) is 16.8.